The van der Waals surface area contributed by atoms with Crippen LogP contribution in [0.2, 0.25) is 0 Å². The third-order valence-electron chi connectivity index (χ3n) is 2.75. The van der Waals surface area contributed by atoms with Gasteiger partial charge in [-0.3, -0.25) is 4.79 Å². The molecule has 0 radical (unpaired) electrons. The Balaban J connectivity index is 2.50. The van der Waals surface area contributed by atoms with E-state index in [1.807, 2.05) is 6.92 Å². The smallest absolute Gasteiger partial charge is 0.310 e. The van der Waals surface area contributed by atoms with E-state index in [0.717, 1.165) is 19.5 Å². The lowest BCUT2D eigenvalue weighted by Crippen LogP contribution is -2.41. The standard InChI is InChI=1S/C10H19NO2/c1-4-13-10(12)9-7-11(3)6-5-8(9)2/h8-9H,4-7H2,1-3H3. The molecule has 0 spiro atoms. The predicted molar refractivity (Wildman–Crippen MR) is 51.4 cm³/mol. The van der Waals surface area contributed by atoms with Crippen LogP contribution in [-0.2, 0) is 9.53 Å². The van der Waals surface area contributed by atoms with E-state index in [2.05, 4.69) is 18.9 Å². The number of likely N-dealkylation sites (tertiary alicyclic amines) is 1. The first-order valence-corrected chi connectivity index (χ1v) is 5.00. The van der Waals surface area contributed by atoms with Gasteiger partial charge in [0.15, 0.2) is 0 Å². The summed E-state index contributed by atoms with van der Waals surface area (Å²) in [5.41, 5.74) is 0. The van der Waals surface area contributed by atoms with Crippen LogP contribution in [0.25, 0.3) is 0 Å². The highest BCUT2D eigenvalue weighted by Gasteiger charge is 2.30. The topological polar surface area (TPSA) is 29.5 Å². The molecule has 3 nitrogen and oxygen atoms in total. The molecule has 1 aliphatic rings. The lowest BCUT2D eigenvalue weighted by atomic mass is 9.87. The molecule has 0 aromatic carbocycles. The lowest BCUT2D eigenvalue weighted by Gasteiger charge is -2.33. The van der Waals surface area contributed by atoms with Crippen molar-refractivity contribution in [1.82, 2.24) is 4.90 Å². The Morgan fingerprint density at radius 3 is 2.92 bits per heavy atom. The Hall–Kier alpha value is -0.570. The normalized spacial score (nSPS) is 30.1. The maximum Gasteiger partial charge on any atom is 0.310 e. The molecule has 0 N–H and O–H groups in total. The van der Waals surface area contributed by atoms with Crippen LogP contribution in [0.5, 0.6) is 0 Å². The quantitative estimate of drug-likeness (QED) is 0.604. The molecule has 3 heteroatoms. The lowest BCUT2D eigenvalue weighted by molar-refractivity contribution is -0.151. The zero-order chi connectivity index (χ0) is 9.84. The molecule has 1 fully saturated rings. The number of esters is 1. The summed E-state index contributed by atoms with van der Waals surface area (Å²) in [5, 5.41) is 0. The molecular formula is C10H19NO2. The fourth-order valence-corrected chi connectivity index (χ4v) is 1.79. The van der Waals surface area contributed by atoms with Crippen LogP contribution in [0.15, 0.2) is 0 Å². The number of piperidine rings is 1. The summed E-state index contributed by atoms with van der Waals surface area (Å²) in [7, 11) is 2.05. The van der Waals surface area contributed by atoms with Crippen molar-refractivity contribution in [2.24, 2.45) is 11.8 Å². The molecule has 0 bridgehead atoms. The van der Waals surface area contributed by atoms with Crippen LogP contribution in [-0.4, -0.2) is 37.6 Å². The average Bonchev–Trinajstić information content (AvgIpc) is 2.09. The van der Waals surface area contributed by atoms with Crippen molar-refractivity contribution in [2.45, 2.75) is 20.3 Å². The molecule has 13 heavy (non-hydrogen) atoms. The SMILES string of the molecule is CCOC(=O)C1CN(C)CCC1C. The van der Waals surface area contributed by atoms with Crippen molar-refractivity contribution in [2.75, 3.05) is 26.7 Å². The highest BCUT2D eigenvalue weighted by atomic mass is 16.5. The number of hydrogen-bond acceptors (Lipinski definition) is 3. The second-order valence-electron chi connectivity index (χ2n) is 3.89. The highest BCUT2D eigenvalue weighted by molar-refractivity contribution is 5.73. The van der Waals surface area contributed by atoms with Gasteiger partial charge in [-0.15, -0.1) is 0 Å². The van der Waals surface area contributed by atoms with Crippen LogP contribution in [0.4, 0.5) is 0 Å². The maximum absolute atomic E-state index is 11.5. The Labute approximate surface area is 80.1 Å². The Bertz CT molecular complexity index is 182. The molecule has 2 unspecified atom stereocenters. The third kappa shape index (κ3) is 2.69. The molecule has 0 aliphatic carbocycles. The van der Waals surface area contributed by atoms with E-state index in [4.69, 9.17) is 4.74 Å². The number of ether oxygens (including phenoxy) is 1. The molecule has 1 heterocycles. The van der Waals surface area contributed by atoms with Gasteiger partial charge in [0.2, 0.25) is 0 Å². The summed E-state index contributed by atoms with van der Waals surface area (Å²) >= 11 is 0. The molecule has 0 saturated carbocycles. The van der Waals surface area contributed by atoms with E-state index >= 15 is 0 Å². The third-order valence-corrected chi connectivity index (χ3v) is 2.75. The van der Waals surface area contributed by atoms with Gasteiger partial charge in [-0.1, -0.05) is 6.92 Å². The molecule has 1 saturated heterocycles. The molecule has 76 valence electrons. The maximum atomic E-state index is 11.5. The summed E-state index contributed by atoms with van der Waals surface area (Å²) < 4.78 is 5.03. The first-order chi connectivity index (χ1) is 6.15. The number of carbonyl (C=O) groups excluding carboxylic acids is 1. The zero-order valence-corrected chi connectivity index (χ0v) is 8.75. The van der Waals surface area contributed by atoms with Gasteiger partial charge in [-0.2, -0.15) is 0 Å². The van der Waals surface area contributed by atoms with Crippen LogP contribution >= 0.6 is 0 Å². The number of nitrogens with zero attached hydrogens (tertiary/aromatic N) is 1. The molecule has 1 rings (SSSR count). The molecular weight excluding hydrogens is 166 g/mol. The van der Waals surface area contributed by atoms with E-state index in [1.165, 1.54) is 0 Å². The fourth-order valence-electron chi connectivity index (χ4n) is 1.79. The van der Waals surface area contributed by atoms with Crippen molar-refractivity contribution < 1.29 is 9.53 Å². The van der Waals surface area contributed by atoms with Crippen LogP contribution in [0, 0.1) is 11.8 Å². The van der Waals surface area contributed by atoms with Crippen molar-refractivity contribution in [3.63, 3.8) is 0 Å². The second kappa shape index (κ2) is 4.61. The van der Waals surface area contributed by atoms with Gasteiger partial charge in [-0.05, 0) is 32.9 Å². The Morgan fingerprint density at radius 2 is 2.31 bits per heavy atom. The van der Waals surface area contributed by atoms with E-state index in [0.29, 0.717) is 12.5 Å². The minimum Gasteiger partial charge on any atom is -0.466 e. The summed E-state index contributed by atoms with van der Waals surface area (Å²) in [5.74, 6) is 0.524. The van der Waals surface area contributed by atoms with Gasteiger partial charge in [-0.25, -0.2) is 0 Å². The van der Waals surface area contributed by atoms with Gasteiger partial charge < -0.3 is 9.64 Å². The van der Waals surface area contributed by atoms with Gasteiger partial charge >= 0.3 is 5.97 Å². The summed E-state index contributed by atoms with van der Waals surface area (Å²) in [4.78, 5) is 13.7. The summed E-state index contributed by atoms with van der Waals surface area (Å²) in [6.07, 6.45) is 1.10. The van der Waals surface area contributed by atoms with Crippen molar-refractivity contribution >= 4 is 5.97 Å². The highest BCUT2D eigenvalue weighted by Crippen LogP contribution is 2.23. The second-order valence-corrected chi connectivity index (χ2v) is 3.89. The first kappa shape index (κ1) is 10.5. The molecule has 0 amide bonds. The van der Waals surface area contributed by atoms with E-state index in [9.17, 15) is 4.79 Å². The van der Waals surface area contributed by atoms with Crippen LogP contribution in [0.1, 0.15) is 20.3 Å². The number of rotatable bonds is 2. The van der Waals surface area contributed by atoms with E-state index in [-0.39, 0.29) is 11.9 Å². The van der Waals surface area contributed by atoms with E-state index < -0.39 is 0 Å². The van der Waals surface area contributed by atoms with Crippen LogP contribution < -0.4 is 0 Å². The fraction of sp³-hybridized carbons (Fsp3) is 0.900. The molecule has 0 aromatic heterocycles. The average molecular weight is 185 g/mol. The van der Waals surface area contributed by atoms with Gasteiger partial charge in [0.05, 0.1) is 12.5 Å². The minimum absolute atomic E-state index is 0.0263. The van der Waals surface area contributed by atoms with Crippen molar-refractivity contribution in [3.8, 4) is 0 Å². The minimum atomic E-state index is -0.0263. The largest absolute Gasteiger partial charge is 0.466 e. The Morgan fingerprint density at radius 1 is 1.62 bits per heavy atom. The number of hydrogen-bond donors (Lipinski definition) is 0. The van der Waals surface area contributed by atoms with Crippen molar-refractivity contribution in [3.05, 3.63) is 0 Å². The van der Waals surface area contributed by atoms with E-state index in [1.54, 1.807) is 0 Å². The van der Waals surface area contributed by atoms with Gasteiger partial charge in [0.1, 0.15) is 0 Å². The summed E-state index contributed by atoms with van der Waals surface area (Å²) in [6, 6.07) is 0. The first-order valence-electron chi connectivity index (χ1n) is 5.00. The molecule has 0 aromatic rings. The predicted octanol–water partition coefficient (Wildman–Crippen LogP) is 1.14. The number of carbonyl (C=O) groups is 1. The molecule has 1 aliphatic heterocycles. The summed E-state index contributed by atoms with van der Waals surface area (Å²) in [6.45, 7) is 6.42. The zero-order valence-electron chi connectivity index (χ0n) is 8.75. The van der Waals surface area contributed by atoms with Crippen molar-refractivity contribution in [1.29, 1.82) is 0 Å². The Kier molecular flexibility index (Phi) is 3.72. The van der Waals surface area contributed by atoms with Crippen LogP contribution in [0.3, 0.4) is 0 Å². The monoisotopic (exact) mass is 185 g/mol. The molecule has 2 atom stereocenters. The van der Waals surface area contributed by atoms with Gasteiger partial charge in [0.25, 0.3) is 0 Å². The van der Waals surface area contributed by atoms with Gasteiger partial charge in [0, 0.05) is 6.54 Å².